The Kier molecular flexibility index (Phi) is 3.60. The van der Waals surface area contributed by atoms with Crippen LogP contribution in [0.25, 0.3) is 17.0 Å². The lowest BCUT2D eigenvalue weighted by Crippen LogP contribution is -2.11. The molecule has 128 valence electrons. The molecule has 4 rings (SSSR count). The number of alkyl halides is 2. The molecule has 25 heavy (non-hydrogen) atoms. The second kappa shape index (κ2) is 5.81. The molecule has 4 heterocycles. The Labute approximate surface area is 142 Å². The van der Waals surface area contributed by atoms with Gasteiger partial charge in [0.25, 0.3) is 6.43 Å². The number of halogens is 2. The van der Waals surface area contributed by atoms with Crippen molar-refractivity contribution < 1.29 is 13.2 Å². The van der Waals surface area contributed by atoms with Crippen molar-refractivity contribution in [2.75, 3.05) is 5.84 Å². The summed E-state index contributed by atoms with van der Waals surface area (Å²) in [7, 11) is 0. The number of nitrogens with zero attached hydrogens (tertiary/aromatic N) is 7. The summed E-state index contributed by atoms with van der Waals surface area (Å²) in [6.45, 7) is 1.78. The minimum absolute atomic E-state index is 0.226. The maximum atomic E-state index is 12.9. The third-order valence-electron chi connectivity index (χ3n) is 3.42. The molecule has 0 spiro atoms. The van der Waals surface area contributed by atoms with Crippen molar-refractivity contribution in [2.45, 2.75) is 23.5 Å². The molecule has 2 N–H and O–H groups in total. The van der Waals surface area contributed by atoms with E-state index in [9.17, 15) is 8.78 Å². The van der Waals surface area contributed by atoms with Gasteiger partial charge in [0, 0.05) is 0 Å². The highest BCUT2D eigenvalue weighted by atomic mass is 32.2. The summed E-state index contributed by atoms with van der Waals surface area (Å²) in [6.07, 6.45) is -1.25. The maximum absolute atomic E-state index is 12.9. The van der Waals surface area contributed by atoms with Crippen molar-refractivity contribution >= 4 is 17.4 Å². The molecule has 4 aromatic heterocycles. The van der Waals surface area contributed by atoms with E-state index in [0.717, 1.165) is 16.3 Å². The predicted octanol–water partition coefficient (Wildman–Crippen LogP) is 2.09. The molecule has 0 aliphatic rings. The summed E-state index contributed by atoms with van der Waals surface area (Å²) >= 11 is 1.08. The molecule has 12 heteroatoms. The molecular formula is C13H10F2N8OS. The largest absolute Gasteiger partial charge is 0.469 e. The first-order valence-electron chi connectivity index (χ1n) is 6.98. The van der Waals surface area contributed by atoms with E-state index in [1.807, 2.05) is 0 Å². The number of hydrogen-bond donors (Lipinski definition) is 1. The molecule has 0 fully saturated rings. The average molecular weight is 364 g/mol. The molecule has 0 saturated carbocycles. The normalized spacial score (nSPS) is 11.7. The number of furan rings is 1. The van der Waals surface area contributed by atoms with E-state index in [1.165, 1.54) is 17.0 Å². The van der Waals surface area contributed by atoms with Crippen LogP contribution in [0.4, 0.5) is 8.78 Å². The van der Waals surface area contributed by atoms with E-state index >= 15 is 0 Å². The zero-order valence-corrected chi connectivity index (χ0v) is 13.5. The summed E-state index contributed by atoms with van der Waals surface area (Å²) in [5, 5.41) is 20.0. The molecule has 0 atom stereocenters. The Bertz CT molecular complexity index is 1060. The van der Waals surface area contributed by atoms with Crippen molar-refractivity contribution in [2.24, 2.45) is 0 Å². The maximum Gasteiger partial charge on any atom is 0.299 e. The average Bonchev–Trinajstić information content (AvgIpc) is 3.27. The van der Waals surface area contributed by atoms with Crippen LogP contribution in [-0.4, -0.2) is 34.7 Å². The van der Waals surface area contributed by atoms with Gasteiger partial charge in [-0.15, -0.1) is 20.4 Å². The molecule has 0 saturated heterocycles. The van der Waals surface area contributed by atoms with Gasteiger partial charge in [-0.1, -0.05) is 0 Å². The van der Waals surface area contributed by atoms with E-state index < -0.39 is 12.2 Å². The van der Waals surface area contributed by atoms with Crippen molar-refractivity contribution in [1.82, 2.24) is 34.7 Å². The Morgan fingerprint density at radius 2 is 2.00 bits per heavy atom. The van der Waals surface area contributed by atoms with E-state index in [4.69, 9.17) is 10.3 Å². The van der Waals surface area contributed by atoms with Crippen molar-refractivity contribution in [3.63, 3.8) is 0 Å². The quantitative estimate of drug-likeness (QED) is 0.548. The van der Waals surface area contributed by atoms with Crippen LogP contribution in [0.15, 0.2) is 39.1 Å². The molecule has 9 nitrogen and oxygen atoms in total. The van der Waals surface area contributed by atoms with Crippen LogP contribution in [0.2, 0.25) is 0 Å². The predicted molar refractivity (Wildman–Crippen MR) is 82.5 cm³/mol. The molecule has 0 bridgehead atoms. The van der Waals surface area contributed by atoms with E-state index in [1.54, 1.807) is 19.1 Å². The first-order valence-corrected chi connectivity index (χ1v) is 7.79. The summed E-state index contributed by atoms with van der Waals surface area (Å²) in [5.41, 5.74) is 0.938. The highest BCUT2D eigenvalue weighted by Gasteiger charge is 2.19. The van der Waals surface area contributed by atoms with Crippen molar-refractivity contribution in [3.8, 4) is 11.4 Å². The van der Waals surface area contributed by atoms with E-state index in [2.05, 4.69) is 25.5 Å². The van der Waals surface area contributed by atoms with Crippen LogP contribution in [0, 0.1) is 6.92 Å². The van der Waals surface area contributed by atoms with Crippen molar-refractivity contribution in [3.05, 3.63) is 36.0 Å². The van der Waals surface area contributed by atoms with Gasteiger partial charge in [0.1, 0.15) is 10.8 Å². The van der Waals surface area contributed by atoms with Gasteiger partial charge in [0.15, 0.2) is 11.5 Å². The van der Waals surface area contributed by atoms with Gasteiger partial charge in [0.2, 0.25) is 11.0 Å². The zero-order chi connectivity index (χ0) is 17.6. The standard InChI is InChI=1S/C13H10F2N8OS/c1-6-7(4-5-24-6)11-18-20-13(22(11)16)25-9-3-2-8-17-19-12(10(14)15)23(8)21-9/h2-5,10H,16H2,1H3. The SMILES string of the molecule is Cc1occc1-c1nnc(Sc2ccc3nnc(C(F)F)n3n2)n1N. The fourth-order valence-electron chi connectivity index (χ4n) is 2.22. The Hall–Kier alpha value is -3.02. The third-order valence-corrected chi connectivity index (χ3v) is 4.31. The van der Waals surface area contributed by atoms with E-state index in [0.29, 0.717) is 27.3 Å². The van der Waals surface area contributed by atoms with Gasteiger partial charge >= 0.3 is 0 Å². The van der Waals surface area contributed by atoms with Crippen LogP contribution >= 0.6 is 11.8 Å². The number of aromatic nitrogens is 7. The fraction of sp³-hybridized carbons (Fsp3) is 0.154. The van der Waals surface area contributed by atoms with Crippen molar-refractivity contribution in [1.29, 1.82) is 0 Å². The molecule has 4 aromatic rings. The molecule has 0 aliphatic heterocycles. The van der Waals surface area contributed by atoms with Crippen LogP contribution in [0.5, 0.6) is 0 Å². The first kappa shape index (κ1) is 15.5. The zero-order valence-electron chi connectivity index (χ0n) is 12.7. The van der Waals surface area contributed by atoms with Gasteiger partial charge in [-0.05, 0) is 36.9 Å². The van der Waals surface area contributed by atoms with Gasteiger partial charge in [-0.2, -0.15) is 9.61 Å². The summed E-state index contributed by atoms with van der Waals surface area (Å²) in [5.74, 6) is 6.58. The Morgan fingerprint density at radius 3 is 2.72 bits per heavy atom. The lowest BCUT2D eigenvalue weighted by atomic mass is 10.2. The van der Waals surface area contributed by atoms with Gasteiger partial charge in [0.05, 0.1) is 11.8 Å². The number of aryl methyl sites for hydroxylation is 1. The Morgan fingerprint density at radius 1 is 1.16 bits per heavy atom. The molecule has 0 aliphatic carbocycles. The van der Waals surface area contributed by atoms with Crippen LogP contribution in [0.1, 0.15) is 18.0 Å². The van der Waals surface area contributed by atoms with Gasteiger partial charge < -0.3 is 10.3 Å². The summed E-state index contributed by atoms with van der Waals surface area (Å²) in [4.78, 5) is 0. The lowest BCUT2D eigenvalue weighted by molar-refractivity contribution is 0.137. The summed E-state index contributed by atoms with van der Waals surface area (Å²) in [6, 6.07) is 4.88. The number of fused-ring (bicyclic) bond motifs is 1. The molecule has 0 unspecified atom stereocenters. The second-order valence-corrected chi connectivity index (χ2v) is 5.96. The third kappa shape index (κ3) is 2.59. The lowest BCUT2D eigenvalue weighted by Gasteiger charge is -2.03. The smallest absolute Gasteiger partial charge is 0.299 e. The van der Waals surface area contributed by atoms with Crippen LogP contribution in [0.3, 0.4) is 0 Å². The minimum atomic E-state index is -2.78. The second-order valence-electron chi connectivity index (χ2n) is 4.97. The number of hydrogen-bond acceptors (Lipinski definition) is 8. The fourth-order valence-corrected chi connectivity index (χ4v) is 2.93. The number of nitrogens with two attached hydrogens (primary N) is 1. The monoisotopic (exact) mass is 364 g/mol. The van der Waals surface area contributed by atoms with Crippen LogP contribution in [-0.2, 0) is 0 Å². The summed E-state index contributed by atoms with van der Waals surface area (Å²) < 4.78 is 33.4. The molecule has 0 amide bonds. The van der Waals surface area contributed by atoms with Crippen LogP contribution < -0.4 is 5.84 Å². The highest BCUT2D eigenvalue weighted by molar-refractivity contribution is 7.99. The highest BCUT2D eigenvalue weighted by Crippen LogP contribution is 2.28. The molecule has 0 aromatic carbocycles. The number of nitrogen functional groups attached to an aromatic ring is 1. The molecule has 0 radical (unpaired) electrons. The van der Waals surface area contributed by atoms with Gasteiger partial charge in [-0.3, -0.25) is 0 Å². The molecular weight excluding hydrogens is 354 g/mol. The topological polar surface area (TPSA) is 113 Å². The number of rotatable bonds is 4. The minimum Gasteiger partial charge on any atom is -0.469 e. The first-order chi connectivity index (χ1) is 12.0. The Balaban J connectivity index is 1.69. The van der Waals surface area contributed by atoms with Gasteiger partial charge in [-0.25, -0.2) is 13.5 Å². The van der Waals surface area contributed by atoms with E-state index in [-0.39, 0.29) is 5.65 Å².